The molecule has 1 N–H and O–H groups in total. The lowest BCUT2D eigenvalue weighted by atomic mass is 9.93. The van der Waals surface area contributed by atoms with Crippen molar-refractivity contribution in [3.63, 3.8) is 0 Å². The van der Waals surface area contributed by atoms with Gasteiger partial charge in [0.2, 0.25) is 0 Å². The average molecular weight is 550 g/mol. The quantitative estimate of drug-likeness (QED) is 0.207. The summed E-state index contributed by atoms with van der Waals surface area (Å²) < 4.78 is 48.4. The zero-order valence-corrected chi connectivity index (χ0v) is 20.6. The Balaban J connectivity index is 0.00000450. The van der Waals surface area contributed by atoms with Gasteiger partial charge in [0.05, 0.1) is 12.6 Å². The molecule has 0 bridgehead atoms. The molecule has 0 radical (unpaired) electrons. The largest absolute Gasteiger partial charge is 0.401 e. The summed E-state index contributed by atoms with van der Waals surface area (Å²) in [5.41, 5.74) is 0. The summed E-state index contributed by atoms with van der Waals surface area (Å²) in [6.45, 7) is 4.42. The molecule has 0 saturated carbocycles. The summed E-state index contributed by atoms with van der Waals surface area (Å²) in [4.78, 5) is 8.18. The topological polar surface area (TPSA) is 49.3 Å². The van der Waals surface area contributed by atoms with Crippen LogP contribution in [-0.4, -0.2) is 94.7 Å². The van der Waals surface area contributed by atoms with E-state index in [1.165, 1.54) is 4.90 Å². The van der Waals surface area contributed by atoms with E-state index >= 15 is 0 Å². The Morgan fingerprint density at radius 1 is 1.07 bits per heavy atom. The molecule has 2 fully saturated rings. The Morgan fingerprint density at radius 3 is 2.30 bits per heavy atom. The number of hydrogen-bond acceptors (Lipinski definition) is 4. The predicted molar refractivity (Wildman–Crippen MR) is 124 cm³/mol. The van der Waals surface area contributed by atoms with E-state index in [2.05, 4.69) is 15.2 Å². The van der Waals surface area contributed by atoms with E-state index in [-0.39, 0.29) is 24.0 Å². The Bertz CT molecular complexity index is 481. The Hall–Kier alpha value is -0.330. The molecule has 2 aliphatic rings. The van der Waals surface area contributed by atoms with Crippen molar-refractivity contribution in [2.24, 2.45) is 10.9 Å². The van der Waals surface area contributed by atoms with Gasteiger partial charge in [-0.05, 0) is 57.5 Å². The summed E-state index contributed by atoms with van der Waals surface area (Å²) in [6.07, 6.45) is 1.76. The van der Waals surface area contributed by atoms with Gasteiger partial charge in [-0.2, -0.15) is 13.2 Å². The monoisotopic (exact) mass is 550 g/mol. The fourth-order valence-corrected chi connectivity index (χ4v) is 4.09. The third-order valence-electron chi connectivity index (χ3n) is 5.75. The maximum atomic E-state index is 12.5. The third kappa shape index (κ3) is 10.8. The number of ether oxygens (including phenoxy) is 2. The highest BCUT2D eigenvalue weighted by Gasteiger charge is 2.32. The van der Waals surface area contributed by atoms with Crippen LogP contribution in [0.5, 0.6) is 0 Å². The number of methoxy groups -OCH3 is 1. The van der Waals surface area contributed by atoms with E-state index in [9.17, 15) is 13.2 Å². The first-order valence-electron chi connectivity index (χ1n) is 10.8. The summed E-state index contributed by atoms with van der Waals surface area (Å²) in [6, 6.07) is 0. The zero-order chi connectivity index (χ0) is 21.1. The smallest absolute Gasteiger partial charge is 0.385 e. The van der Waals surface area contributed by atoms with E-state index in [4.69, 9.17) is 9.47 Å². The molecular formula is C20H38F3IN4O2. The number of rotatable bonds is 9. The molecule has 0 aromatic rings. The van der Waals surface area contributed by atoms with Crippen molar-refractivity contribution >= 4 is 29.9 Å². The van der Waals surface area contributed by atoms with E-state index in [0.717, 1.165) is 77.3 Å². The minimum atomic E-state index is -4.09. The van der Waals surface area contributed by atoms with Crippen molar-refractivity contribution in [1.29, 1.82) is 0 Å². The number of hydrogen-bond donors (Lipinski definition) is 1. The molecule has 2 rings (SSSR count). The van der Waals surface area contributed by atoms with Crippen molar-refractivity contribution in [1.82, 2.24) is 15.1 Å². The fraction of sp³-hybridized carbons (Fsp3) is 0.950. The van der Waals surface area contributed by atoms with Crippen LogP contribution in [0.15, 0.2) is 4.99 Å². The van der Waals surface area contributed by atoms with Gasteiger partial charge >= 0.3 is 6.18 Å². The number of nitrogens with one attached hydrogen (secondary N) is 1. The minimum Gasteiger partial charge on any atom is -0.385 e. The summed E-state index contributed by atoms with van der Waals surface area (Å²) in [7, 11) is 3.50. The molecule has 0 aromatic carbocycles. The molecule has 0 atom stereocenters. The lowest BCUT2D eigenvalue weighted by molar-refractivity contribution is -0.148. The first kappa shape index (κ1) is 27.7. The standard InChI is InChI=1S/C20H37F3N4O2.HI/c1-24-19(27-12-7-18(8-13-27)29-15-3-14-28-2)25-9-4-17-5-10-26(11-6-17)16-20(21,22)23;/h17-18H,3-16H2,1-2H3,(H,24,25);1H. The zero-order valence-electron chi connectivity index (χ0n) is 18.3. The number of alkyl halides is 3. The van der Waals surface area contributed by atoms with Crippen LogP contribution >= 0.6 is 24.0 Å². The maximum Gasteiger partial charge on any atom is 0.401 e. The van der Waals surface area contributed by atoms with E-state index in [1.54, 1.807) is 14.2 Å². The summed E-state index contributed by atoms with van der Waals surface area (Å²) in [5.74, 6) is 1.40. The third-order valence-corrected chi connectivity index (χ3v) is 5.75. The van der Waals surface area contributed by atoms with Gasteiger partial charge in [0.15, 0.2) is 5.96 Å². The second-order valence-corrected chi connectivity index (χ2v) is 8.00. The normalized spacial score (nSPS) is 20.3. The van der Waals surface area contributed by atoms with E-state index < -0.39 is 12.7 Å². The van der Waals surface area contributed by atoms with Gasteiger partial charge in [0.25, 0.3) is 0 Å². The predicted octanol–water partition coefficient (Wildman–Crippen LogP) is 3.36. The van der Waals surface area contributed by atoms with Gasteiger partial charge in [-0.15, -0.1) is 24.0 Å². The Morgan fingerprint density at radius 2 is 1.73 bits per heavy atom. The van der Waals surface area contributed by atoms with Gasteiger partial charge in [-0.1, -0.05) is 0 Å². The molecule has 30 heavy (non-hydrogen) atoms. The van der Waals surface area contributed by atoms with Crippen LogP contribution in [0.1, 0.15) is 38.5 Å². The molecule has 10 heteroatoms. The SMILES string of the molecule is CN=C(NCCC1CCN(CC(F)(F)F)CC1)N1CCC(OCCCOC)CC1.I. The second kappa shape index (κ2) is 14.7. The Labute approximate surface area is 195 Å². The van der Waals surface area contributed by atoms with Gasteiger partial charge in [0.1, 0.15) is 0 Å². The molecule has 2 heterocycles. The van der Waals surface area contributed by atoms with Crippen LogP contribution in [0.3, 0.4) is 0 Å². The average Bonchev–Trinajstić information content (AvgIpc) is 2.69. The second-order valence-electron chi connectivity index (χ2n) is 8.00. The Kier molecular flexibility index (Phi) is 13.6. The molecule has 0 aliphatic carbocycles. The van der Waals surface area contributed by atoms with Crippen molar-refractivity contribution < 1.29 is 22.6 Å². The van der Waals surface area contributed by atoms with Crippen LogP contribution in [0.4, 0.5) is 13.2 Å². The van der Waals surface area contributed by atoms with Crippen LogP contribution in [-0.2, 0) is 9.47 Å². The minimum absolute atomic E-state index is 0. The highest BCUT2D eigenvalue weighted by atomic mass is 127. The van der Waals surface area contributed by atoms with Crippen molar-refractivity contribution in [2.45, 2.75) is 50.8 Å². The highest BCUT2D eigenvalue weighted by molar-refractivity contribution is 14.0. The number of aliphatic imine (C=N–C) groups is 1. The number of piperidine rings is 2. The number of guanidine groups is 1. The van der Waals surface area contributed by atoms with Crippen molar-refractivity contribution in [3.05, 3.63) is 0 Å². The van der Waals surface area contributed by atoms with Gasteiger partial charge in [0, 0.05) is 47.0 Å². The molecular weight excluding hydrogens is 512 g/mol. The van der Waals surface area contributed by atoms with Gasteiger partial charge in [-0.25, -0.2) is 0 Å². The van der Waals surface area contributed by atoms with Crippen LogP contribution in [0.25, 0.3) is 0 Å². The number of halogens is 4. The molecule has 2 saturated heterocycles. The summed E-state index contributed by atoms with van der Waals surface area (Å²) >= 11 is 0. The van der Waals surface area contributed by atoms with Gasteiger partial charge < -0.3 is 19.7 Å². The molecule has 178 valence electrons. The van der Waals surface area contributed by atoms with Crippen molar-refractivity contribution in [2.75, 3.05) is 66.6 Å². The van der Waals surface area contributed by atoms with Gasteiger partial charge in [-0.3, -0.25) is 9.89 Å². The maximum absolute atomic E-state index is 12.5. The molecule has 0 unspecified atom stereocenters. The van der Waals surface area contributed by atoms with Crippen LogP contribution < -0.4 is 5.32 Å². The van der Waals surface area contributed by atoms with Crippen LogP contribution in [0.2, 0.25) is 0 Å². The lowest BCUT2D eigenvalue weighted by Gasteiger charge is -2.35. The number of nitrogens with zero attached hydrogens (tertiary/aromatic N) is 3. The van der Waals surface area contributed by atoms with Crippen molar-refractivity contribution in [3.8, 4) is 0 Å². The molecule has 0 spiro atoms. The van der Waals surface area contributed by atoms with E-state index in [0.29, 0.717) is 25.1 Å². The van der Waals surface area contributed by atoms with Crippen LogP contribution in [0, 0.1) is 5.92 Å². The van der Waals surface area contributed by atoms with E-state index in [1.807, 2.05) is 0 Å². The highest BCUT2D eigenvalue weighted by Crippen LogP contribution is 2.24. The molecule has 6 nitrogen and oxygen atoms in total. The fourth-order valence-electron chi connectivity index (χ4n) is 4.09. The first-order valence-corrected chi connectivity index (χ1v) is 10.8. The summed E-state index contributed by atoms with van der Waals surface area (Å²) in [5, 5.41) is 3.44. The first-order chi connectivity index (χ1) is 13.9. The lowest BCUT2D eigenvalue weighted by Crippen LogP contribution is -2.47. The molecule has 0 aromatic heterocycles. The molecule has 2 aliphatic heterocycles. The molecule has 0 amide bonds. The number of likely N-dealkylation sites (tertiary alicyclic amines) is 2.